The number of carbonyl (C=O) groups is 1. The van der Waals surface area contributed by atoms with Crippen LogP contribution in [0.2, 0.25) is 0 Å². The van der Waals surface area contributed by atoms with E-state index in [9.17, 15) is 4.79 Å². The average Bonchev–Trinajstić information content (AvgIpc) is 2.80. The molecule has 1 amide bonds. The molecule has 1 aromatic carbocycles. The van der Waals surface area contributed by atoms with Crippen LogP contribution < -0.4 is 19.7 Å². The lowest BCUT2D eigenvalue weighted by molar-refractivity contribution is -0.920. The first-order valence-electron chi connectivity index (χ1n) is 10.9. The molecule has 1 aromatic heterocycles. The van der Waals surface area contributed by atoms with Crippen molar-refractivity contribution >= 4 is 11.7 Å². The molecule has 0 saturated carbocycles. The largest absolute Gasteiger partial charge is 0.328 e. The molecule has 2 aliphatic heterocycles. The minimum atomic E-state index is 0.0487. The zero-order chi connectivity index (χ0) is 20.1. The van der Waals surface area contributed by atoms with Gasteiger partial charge in [-0.15, -0.1) is 0 Å². The topological polar surface area (TPSA) is 46.6 Å². The second-order valence-corrected chi connectivity index (χ2v) is 8.35. The number of quaternary nitrogens is 2. The third-order valence-electron chi connectivity index (χ3n) is 6.50. The number of benzene rings is 1. The van der Waals surface area contributed by atoms with Gasteiger partial charge in [-0.05, 0) is 13.0 Å². The van der Waals surface area contributed by atoms with Crippen molar-refractivity contribution in [1.29, 1.82) is 0 Å². The summed E-state index contributed by atoms with van der Waals surface area (Å²) in [6, 6.07) is 16.9. The number of nitrogens with one attached hydrogen (secondary N) is 3. The number of piperazine rings is 2. The molecule has 2 saturated heterocycles. The molecule has 6 nitrogen and oxygen atoms in total. The van der Waals surface area contributed by atoms with Crippen LogP contribution in [0.1, 0.15) is 12.5 Å². The van der Waals surface area contributed by atoms with Crippen molar-refractivity contribution in [3.05, 3.63) is 60.3 Å². The number of carbonyl (C=O) groups excluding carboxylic acids is 1. The highest BCUT2D eigenvalue weighted by atomic mass is 16.2. The maximum Gasteiger partial charge on any atom is 0.280 e. The monoisotopic (exact) mass is 396 g/mol. The van der Waals surface area contributed by atoms with E-state index in [1.165, 1.54) is 16.3 Å². The summed E-state index contributed by atoms with van der Waals surface area (Å²) in [5.41, 5.74) is 1.38. The highest BCUT2D eigenvalue weighted by Crippen LogP contribution is 2.05. The molecule has 3 heterocycles. The fraction of sp³-hybridized carbons (Fsp3) is 0.478. The summed E-state index contributed by atoms with van der Waals surface area (Å²) < 4.78 is 0. The van der Waals surface area contributed by atoms with Crippen LogP contribution in [-0.2, 0) is 11.3 Å². The third kappa shape index (κ3) is 4.95. The van der Waals surface area contributed by atoms with Crippen LogP contribution in [0.3, 0.4) is 0 Å². The number of anilines is 1. The van der Waals surface area contributed by atoms with E-state index >= 15 is 0 Å². The predicted octanol–water partition coefficient (Wildman–Crippen LogP) is -1.48. The molecule has 2 fully saturated rings. The van der Waals surface area contributed by atoms with Crippen LogP contribution >= 0.6 is 0 Å². The van der Waals surface area contributed by atoms with E-state index in [0.29, 0.717) is 5.91 Å². The second kappa shape index (κ2) is 9.37. The van der Waals surface area contributed by atoms with Gasteiger partial charge in [-0.2, -0.15) is 0 Å². The summed E-state index contributed by atoms with van der Waals surface area (Å²) >= 11 is 0. The van der Waals surface area contributed by atoms with Crippen LogP contribution in [0, 0.1) is 0 Å². The first-order chi connectivity index (χ1) is 14.2. The van der Waals surface area contributed by atoms with Crippen molar-refractivity contribution in [2.75, 3.05) is 57.3 Å². The van der Waals surface area contributed by atoms with Gasteiger partial charge in [0.15, 0.2) is 6.04 Å². The van der Waals surface area contributed by atoms with Crippen LogP contribution in [0.4, 0.5) is 5.82 Å². The Morgan fingerprint density at radius 1 is 0.966 bits per heavy atom. The van der Waals surface area contributed by atoms with E-state index in [1.54, 1.807) is 4.90 Å². The number of H-pyrrole nitrogens is 1. The van der Waals surface area contributed by atoms with Gasteiger partial charge in [0.2, 0.25) is 0 Å². The first kappa shape index (κ1) is 19.9. The molecular weight excluding hydrogens is 362 g/mol. The molecule has 0 bridgehead atoms. The van der Waals surface area contributed by atoms with Crippen molar-refractivity contribution in [2.24, 2.45) is 0 Å². The second-order valence-electron chi connectivity index (χ2n) is 8.35. The summed E-state index contributed by atoms with van der Waals surface area (Å²) in [4.78, 5) is 23.9. The van der Waals surface area contributed by atoms with Crippen LogP contribution in [0.5, 0.6) is 0 Å². The number of nitrogens with zero attached hydrogens (tertiary/aromatic N) is 2. The van der Waals surface area contributed by atoms with E-state index < -0.39 is 0 Å². The Morgan fingerprint density at radius 3 is 2.31 bits per heavy atom. The van der Waals surface area contributed by atoms with Crippen molar-refractivity contribution < 1.29 is 19.6 Å². The van der Waals surface area contributed by atoms with E-state index in [2.05, 4.69) is 64.2 Å². The molecule has 3 N–H and O–H groups in total. The van der Waals surface area contributed by atoms with E-state index in [0.717, 1.165) is 58.9 Å². The Morgan fingerprint density at radius 2 is 1.66 bits per heavy atom. The Hall–Kier alpha value is -2.44. The van der Waals surface area contributed by atoms with Crippen LogP contribution in [0.25, 0.3) is 0 Å². The quantitative estimate of drug-likeness (QED) is 0.648. The zero-order valence-electron chi connectivity index (χ0n) is 17.4. The number of aromatic amines is 1. The van der Waals surface area contributed by atoms with Gasteiger partial charge in [0.1, 0.15) is 32.7 Å². The molecule has 29 heavy (non-hydrogen) atoms. The fourth-order valence-electron chi connectivity index (χ4n) is 4.60. The highest BCUT2D eigenvalue weighted by molar-refractivity contribution is 5.80. The van der Waals surface area contributed by atoms with E-state index in [4.69, 9.17) is 0 Å². The van der Waals surface area contributed by atoms with Crippen molar-refractivity contribution in [3.8, 4) is 0 Å². The maximum atomic E-state index is 13.1. The summed E-state index contributed by atoms with van der Waals surface area (Å²) in [5, 5.41) is 0. The van der Waals surface area contributed by atoms with Gasteiger partial charge in [-0.1, -0.05) is 36.4 Å². The van der Waals surface area contributed by atoms with Gasteiger partial charge in [-0.3, -0.25) is 9.69 Å². The third-order valence-corrected chi connectivity index (χ3v) is 6.50. The standard InChI is InChI=1S/C23H31N5O/c1-20(26-15-17-27(18-16-26)22-9-5-6-10-24-22)23(29)28-13-11-25(12-14-28)19-21-7-3-2-4-8-21/h2-10,20H,11-19H2,1H3/p+3/t20-/m1/s1. The van der Waals surface area contributed by atoms with Crippen LogP contribution in [0.15, 0.2) is 54.7 Å². The maximum absolute atomic E-state index is 13.1. The molecule has 0 unspecified atom stereocenters. The number of amides is 1. The van der Waals surface area contributed by atoms with Crippen molar-refractivity contribution in [3.63, 3.8) is 0 Å². The smallest absolute Gasteiger partial charge is 0.280 e. The molecule has 1 atom stereocenters. The van der Waals surface area contributed by atoms with Crippen LogP contribution in [-0.4, -0.2) is 69.2 Å². The molecule has 0 radical (unpaired) electrons. The first-order valence-corrected chi connectivity index (χ1v) is 10.9. The molecule has 154 valence electrons. The van der Waals surface area contributed by atoms with Gasteiger partial charge in [0, 0.05) is 11.6 Å². The number of aromatic nitrogens is 1. The number of hydrogen-bond donors (Lipinski definition) is 2. The molecule has 6 heteroatoms. The van der Waals surface area contributed by atoms with Crippen molar-refractivity contribution in [1.82, 2.24) is 4.90 Å². The fourth-order valence-corrected chi connectivity index (χ4v) is 4.60. The van der Waals surface area contributed by atoms with Gasteiger partial charge >= 0.3 is 0 Å². The molecule has 2 aliphatic rings. The predicted molar refractivity (Wildman–Crippen MR) is 113 cm³/mol. The molecule has 4 rings (SSSR count). The Labute approximate surface area is 173 Å². The summed E-state index contributed by atoms with van der Waals surface area (Å²) in [6.45, 7) is 11.0. The summed E-state index contributed by atoms with van der Waals surface area (Å²) in [5.74, 6) is 1.50. The van der Waals surface area contributed by atoms with Crippen molar-refractivity contribution in [2.45, 2.75) is 19.5 Å². The molecule has 2 aromatic rings. The van der Waals surface area contributed by atoms with Gasteiger partial charge < -0.3 is 14.7 Å². The summed E-state index contributed by atoms with van der Waals surface area (Å²) in [7, 11) is 0. The molecule has 0 spiro atoms. The number of pyridine rings is 1. The summed E-state index contributed by atoms with van der Waals surface area (Å²) in [6.07, 6.45) is 1.97. The minimum Gasteiger partial charge on any atom is -0.328 e. The number of hydrogen-bond acceptors (Lipinski definition) is 2. The van der Waals surface area contributed by atoms with Gasteiger partial charge in [0.05, 0.1) is 32.4 Å². The van der Waals surface area contributed by atoms with Gasteiger partial charge in [-0.25, -0.2) is 4.98 Å². The lowest BCUT2D eigenvalue weighted by Crippen LogP contribution is -3.19. The SMILES string of the molecule is C[C@H](C(=O)N1CC[NH+](Cc2ccccc2)CC1)[NH+]1CCN(c2cccc[nH+]2)CC1. The van der Waals surface area contributed by atoms with Gasteiger partial charge in [0.25, 0.3) is 11.7 Å². The highest BCUT2D eigenvalue weighted by Gasteiger charge is 2.36. The Bertz CT molecular complexity index is 768. The van der Waals surface area contributed by atoms with E-state index in [-0.39, 0.29) is 6.04 Å². The number of rotatable bonds is 5. The van der Waals surface area contributed by atoms with E-state index in [1.807, 2.05) is 12.3 Å². The minimum absolute atomic E-state index is 0.0487. The Balaban J connectivity index is 1.24. The lowest BCUT2D eigenvalue weighted by atomic mass is 10.1. The molecule has 0 aliphatic carbocycles. The normalized spacial score (nSPS) is 19.9. The molecular formula is C23H34N5O+3. The zero-order valence-corrected chi connectivity index (χ0v) is 17.4. The average molecular weight is 397 g/mol. The lowest BCUT2D eigenvalue weighted by Gasteiger charge is -2.36. The Kier molecular flexibility index (Phi) is 6.42.